The minimum absolute atomic E-state index is 0.150. The highest BCUT2D eigenvalue weighted by atomic mass is 35.5. The van der Waals surface area contributed by atoms with Crippen molar-refractivity contribution in [1.82, 2.24) is 10.2 Å². The average Bonchev–Trinajstić information content (AvgIpc) is 2.42. The molecule has 1 heterocycles. The lowest BCUT2D eigenvalue weighted by molar-refractivity contribution is 0.102. The summed E-state index contributed by atoms with van der Waals surface area (Å²) in [5.41, 5.74) is 0.623. The summed E-state index contributed by atoms with van der Waals surface area (Å²) >= 11 is 11.5. The number of rotatable bonds is 4. The summed E-state index contributed by atoms with van der Waals surface area (Å²) < 4.78 is 5.42. The van der Waals surface area contributed by atoms with Gasteiger partial charge in [-0.1, -0.05) is 23.2 Å². The molecule has 0 unspecified atom stereocenters. The van der Waals surface area contributed by atoms with E-state index in [-0.39, 0.29) is 10.8 Å². The molecule has 1 amide bonds. The van der Waals surface area contributed by atoms with Crippen LogP contribution in [0.5, 0.6) is 5.75 Å². The predicted octanol–water partition coefficient (Wildman–Crippen LogP) is 3.43. The lowest BCUT2D eigenvalue weighted by atomic mass is 10.2. The molecule has 1 aromatic heterocycles. The van der Waals surface area contributed by atoms with Gasteiger partial charge in [-0.15, -0.1) is 10.2 Å². The highest BCUT2D eigenvalue weighted by molar-refractivity contribution is 6.31. The molecule has 1 aromatic carbocycles. The lowest BCUT2D eigenvalue weighted by Gasteiger charge is -2.11. The van der Waals surface area contributed by atoms with Crippen molar-refractivity contribution in [2.24, 2.45) is 0 Å². The number of benzene rings is 1. The summed E-state index contributed by atoms with van der Waals surface area (Å²) in [6.07, 6.45) is 0. The number of hydrogen-bond donors (Lipinski definition) is 1. The zero-order valence-electron chi connectivity index (χ0n) is 10.6. The summed E-state index contributed by atoms with van der Waals surface area (Å²) in [5, 5.41) is 10.7. The Balaban J connectivity index is 2.22. The molecule has 0 radical (unpaired) electrons. The van der Waals surface area contributed by atoms with Crippen molar-refractivity contribution < 1.29 is 9.53 Å². The van der Waals surface area contributed by atoms with Gasteiger partial charge in [-0.2, -0.15) is 0 Å². The number of ether oxygens (including phenoxy) is 1. The number of nitrogens with one attached hydrogen (secondary N) is 1. The van der Waals surface area contributed by atoms with E-state index >= 15 is 0 Å². The largest absolute Gasteiger partial charge is 0.492 e. The number of hydrogen-bond acceptors (Lipinski definition) is 4. The number of anilines is 1. The first kappa shape index (κ1) is 14.6. The van der Waals surface area contributed by atoms with Gasteiger partial charge in [0.1, 0.15) is 5.75 Å². The zero-order valence-corrected chi connectivity index (χ0v) is 12.1. The Morgan fingerprint density at radius 2 is 2.05 bits per heavy atom. The molecule has 0 bridgehead atoms. The maximum atomic E-state index is 12.0. The van der Waals surface area contributed by atoms with Crippen molar-refractivity contribution in [1.29, 1.82) is 0 Å². The molecule has 7 heteroatoms. The van der Waals surface area contributed by atoms with Crippen molar-refractivity contribution in [2.45, 2.75) is 6.92 Å². The standard InChI is InChI=1S/C13H11Cl2N3O2/c1-2-20-11-5-3-8(14)7-10(11)16-13(19)9-4-6-12(15)18-17-9/h3-7H,2H2,1H3,(H,16,19). The van der Waals surface area contributed by atoms with Crippen LogP contribution in [-0.2, 0) is 0 Å². The maximum Gasteiger partial charge on any atom is 0.276 e. The number of nitrogens with zero attached hydrogens (tertiary/aromatic N) is 2. The second-order valence-corrected chi connectivity index (χ2v) is 4.59. The molecular formula is C13H11Cl2N3O2. The van der Waals surface area contributed by atoms with E-state index in [1.54, 1.807) is 18.2 Å². The van der Waals surface area contributed by atoms with Crippen molar-refractivity contribution in [3.63, 3.8) is 0 Å². The van der Waals surface area contributed by atoms with Crippen LogP contribution >= 0.6 is 23.2 Å². The van der Waals surface area contributed by atoms with Gasteiger partial charge in [0, 0.05) is 5.02 Å². The number of aromatic nitrogens is 2. The third-order valence-electron chi connectivity index (χ3n) is 2.35. The smallest absolute Gasteiger partial charge is 0.276 e. The minimum atomic E-state index is -0.419. The number of amides is 1. The minimum Gasteiger partial charge on any atom is -0.492 e. The Morgan fingerprint density at radius 3 is 2.70 bits per heavy atom. The van der Waals surface area contributed by atoms with E-state index in [1.165, 1.54) is 12.1 Å². The van der Waals surface area contributed by atoms with Gasteiger partial charge in [0.25, 0.3) is 5.91 Å². The summed E-state index contributed by atoms with van der Waals surface area (Å²) in [7, 11) is 0. The van der Waals surface area contributed by atoms with Gasteiger partial charge in [-0.05, 0) is 37.3 Å². The quantitative estimate of drug-likeness (QED) is 0.939. The predicted molar refractivity (Wildman–Crippen MR) is 77.6 cm³/mol. The number of halogens is 2. The van der Waals surface area contributed by atoms with Gasteiger partial charge in [-0.25, -0.2) is 0 Å². The van der Waals surface area contributed by atoms with Crippen LogP contribution in [0.2, 0.25) is 10.2 Å². The maximum absolute atomic E-state index is 12.0. The fourth-order valence-corrected chi connectivity index (χ4v) is 1.78. The number of carbonyl (C=O) groups is 1. The van der Waals surface area contributed by atoms with Crippen LogP contribution in [0, 0.1) is 0 Å². The topological polar surface area (TPSA) is 64.1 Å². The van der Waals surface area contributed by atoms with E-state index in [2.05, 4.69) is 15.5 Å². The van der Waals surface area contributed by atoms with Crippen molar-refractivity contribution in [2.75, 3.05) is 11.9 Å². The van der Waals surface area contributed by atoms with E-state index in [9.17, 15) is 4.79 Å². The van der Waals surface area contributed by atoms with Crippen LogP contribution in [0.4, 0.5) is 5.69 Å². The third kappa shape index (κ3) is 3.59. The van der Waals surface area contributed by atoms with Crippen molar-refractivity contribution >= 4 is 34.8 Å². The zero-order chi connectivity index (χ0) is 14.5. The molecule has 0 saturated carbocycles. The van der Waals surface area contributed by atoms with E-state index in [1.807, 2.05) is 6.92 Å². The van der Waals surface area contributed by atoms with Gasteiger partial charge in [0.05, 0.1) is 12.3 Å². The van der Waals surface area contributed by atoms with Crippen molar-refractivity contribution in [3.8, 4) is 5.75 Å². The van der Waals surface area contributed by atoms with Gasteiger partial charge in [0.2, 0.25) is 0 Å². The van der Waals surface area contributed by atoms with Gasteiger partial charge < -0.3 is 10.1 Å². The molecular weight excluding hydrogens is 301 g/mol. The highest BCUT2D eigenvalue weighted by Crippen LogP contribution is 2.28. The third-order valence-corrected chi connectivity index (χ3v) is 2.79. The molecule has 0 saturated heterocycles. The van der Waals surface area contributed by atoms with Crippen molar-refractivity contribution in [3.05, 3.63) is 46.2 Å². The first-order valence-corrected chi connectivity index (χ1v) is 6.58. The van der Waals surface area contributed by atoms with E-state index in [0.717, 1.165) is 0 Å². The Hall–Kier alpha value is -1.85. The summed E-state index contributed by atoms with van der Waals surface area (Å²) in [6.45, 7) is 2.33. The first-order valence-electron chi connectivity index (χ1n) is 5.83. The molecule has 0 fully saturated rings. The number of carbonyl (C=O) groups excluding carboxylic acids is 1. The summed E-state index contributed by atoms with van der Waals surface area (Å²) in [5.74, 6) is 0.115. The van der Waals surface area contributed by atoms with Gasteiger partial charge >= 0.3 is 0 Å². The Labute approximate surface area is 125 Å². The molecule has 0 spiro atoms. The monoisotopic (exact) mass is 311 g/mol. The molecule has 2 rings (SSSR count). The molecule has 104 valence electrons. The second kappa shape index (κ2) is 6.54. The molecule has 5 nitrogen and oxygen atoms in total. The van der Waals surface area contributed by atoms with E-state index in [4.69, 9.17) is 27.9 Å². The van der Waals surface area contributed by atoms with Crippen LogP contribution < -0.4 is 10.1 Å². The van der Waals surface area contributed by atoms with Gasteiger partial charge in [0.15, 0.2) is 10.8 Å². The van der Waals surface area contributed by atoms with Gasteiger partial charge in [-0.3, -0.25) is 4.79 Å². The Morgan fingerprint density at radius 1 is 1.25 bits per heavy atom. The normalized spacial score (nSPS) is 10.2. The molecule has 0 atom stereocenters. The fraction of sp³-hybridized carbons (Fsp3) is 0.154. The van der Waals surface area contributed by atoms with Crippen LogP contribution in [-0.4, -0.2) is 22.7 Å². The molecule has 0 aliphatic carbocycles. The summed E-state index contributed by atoms with van der Waals surface area (Å²) in [4.78, 5) is 12.0. The molecule has 0 aliphatic rings. The first-order chi connectivity index (χ1) is 9.60. The molecule has 2 aromatic rings. The van der Waals surface area contributed by atoms with Crippen LogP contribution in [0.1, 0.15) is 17.4 Å². The van der Waals surface area contributed by atoms with Crippen LogP contribution in [0.25, 0.3) is 0 Å². The molecule has 0 aliphatic heterocycles. The van der Waals surface area contributed by atoms with E-state index < -0.39 is 5.91 Å². The molecule has 1 N–H and O–H groups in total. The van der Waals surface area contributed by atoms with Crippen LogP contribution in [0.3, 0.4) is 0 Å². The second-order valence-electron chi connectivity index (χ2n) is 3.77. The van der Waals surface area contributed by atoms with E-state index in [0.29, 0.717) is 23.1 Å². The molecule has 20 heavy (non-hydrogen) atoms. The highest BCUT2D eigenvalue weighted by Gasteiger charge is 2.12. The lowest BCUT2D eigenvalue weighted by Crippen LogP contribution is -2.15. The fourth-order valence-electron chi connectivity index (χ4n) is 1.50. The SMILES string of the molecule is CCOc1ccc(Cl)cc1NC(=O)c1ccc(Cl)nn1. The Bertz CT molecular complexity index is 618. The average molecular weight is 312 g/mol. The Kier molecular flexibility index (Phi) is 4.76. The van der Waals surface area contributed by atoms with Crippen LogP contribution in [0.15, 0.2) is 30.3 Å². The summed E-state index contributed by atoms with van der Waals surface area (Å²) in [6, 6.07) is 7.95.